The fourth-order valence-corrected chi connectivity index (χ4v) is 3.31. The Morgan fingerprint density at radius 3 is 2.63 bits per heavy atom. The number of hydrogen-bond acceptors (Lipinski definition) is 2. The van der Waals surface area contributed by atoms with E-state index in [0.717, 1.165) is 6.42 Å². The maximum absolute atomic E-state index is 9.85. The van der Waals surface area contributed by atoms with E-state index in [1.54, 1.807) is 0 Å². The molecule has 1 aliphatic heterocycles. The Morgan fingerprint density at radius 1 is 1.37 bits per heavy atom. The van der Waals surface area contributed by atoms with Crippen LogP contribution in [0.15, 0.2) is 42.5 Å². The third kappa shape index (κ3) is 3.26. The molecule has 1 aromatic carbocycles. The van der Waals surface area contributed by atoms with Crippen molar-refractivity contribution in [1.82, 2.24) is 4.90 Å². The van der Waals surface area contributed by atoms with Gasteiger partial charge in [-0.25, -0.2) is 0 Å². The number of aliphatic hydroxyl groups is 1. The first-order chi connectivity index (χ1) is 9.13. The summed E-state index contributed by atoms with van der Waals surface area (Å²) in [7, 11) is 0. The molecule has 1 heterocycles. The standard InChI is InChI=1S/C17H25NO/c1-13(2)11-16-10-9-14(3)18(16)17(12-19)15-7-5-4-6-8-15/h4-8,14,16-17,19H,1,9-12H2,2-3H3/t14-,16+,17-/m1/s1. The van der Waals surface area contributed by atoms with E-state index in [1.165, 1.54) is 24.0 Å². The minimum absolute atomic E-state index is 0.114. The van der Waals surface area contributed by atoms with Gasteiger partial charge in [-0.1, -0.05) is 35.9 Å². The van der Waals surface area contributed by atoms with Crippen molar-refractivity contribution in [3.8, 4) is 0 Å². The predicted octanol–water partition coefficient (Wildman–Crippen LogP) is 3.54. The number of aliphatic hydroxyl groups excluding tert-OH is 1. The summed E-state index contributed by atoms with van der Waals surface area (Å²) in [5.74, 6) is 0. The van der Waals surface area contributed by atoms with Crippen LogP contribution >= 0.6 is 0 Å². The van der Waals surface area contributed by atoms with Crippen LogP contribution < -0.4 is 0 Å². The third-order valence-corrected chi connectivity index (χ3v) is 4.15. The minimum Gasteiger partial charge on any atom is -0.394 e. The van der Waals surface area contributed by atoms with Gasteiger partial charge in [0.15, 0.2) is 0 Å². The Labute approximate surface area is 116 Å². The molecule has 0 amide bonds. The van der Waals surface area contributed by atoms with E-state index in [9.17, 15) is 5.11 Å². The van der Waals surface area contributed by atoms with Gasteiger partial charge in [0.05, 0.1) is 12.6 Å². The third-order valence-electron chi connectivity index (χ3n) is 4.15. The van der Waals surface area contributed by atoms with Crippen molar-refractivity contribution in [2.45, 2.75) is 51.2 Å². The molecule has 0 aliphatic carbocycles. The smallest absolute Gasteiger partial charge is 0.0628 e. The topological polar surface area (TPSA) is 23.5 Å². The molecule has 1 aromatic rings. The van der Waals surface area contributed by atoms with E-state index in [1.807, 2.05) is 18.2 Å². The highest BCUT2D eigenvalue weighted by atomic mass is 16.3. The Hall–Kier alpha value is -1.12. The van der Waals surface area contributed by atoms with Crippen LogP contribution in [-0.2, 0) is 0 Å². The van der Waals surface area contributed by atoms with Gasteiger partial charge in [-0.3, -0.25) is 4.90 Å². The molecule has 0 radical (unpaired) electrons. The molecule has 0 spiro atoms. The molecule has 1 N–H and O–H groups in total. The zero-order valence-corrected chi connectivity index (χ0v) is 12.0. The lowest BCUT2D eigenvalue weighted by atomic mass is 10.0. The fourth-order valence-electron chi connectivity index (χ4n) is 3.31. The van der Waals surface area contributed by atoms with Gasteiger partial charge >= 0.3 is 0 Å². The molecule has 19 heavy (non-hydrogen) atoms. The van der Waals surface area contributed by atoms with E-state index in [4.69, 9.17) is 0 Å². The maximum Gasteiger partial charge on any atom is 0.0628 e. The Morgan fingerprint density at radius 2 is 2.05 bits per heavy atom. The van der Waals surface area contributed by atoms with Gasteiger partial charge in [-0.15, -0.1) is 6.58 Å². The van der Waals surface area contributed by atoms with Crippen LogP contribution in [0.5, 0.6) is 0 Å². The molecule has 1 saturated heterocycles. The molecule has 2 heteroatoms. The van der Waals surface area contributed by atoms with Gasteiger partial charge in [-0.05, 0) is 38.7 Å². The van der Waals surface area contributed by atoms with Crippen molar-refractivity contribution in [3.05, 3.63) is 48.0 Å². The van der Waals surface area contributed by atoms with Crippen LogP contribution in [0.1, 0.15) is 44.7 Å². The van der Waals surface area contributed by atoms with Gasteiger partial charge < -0.3 is 5.11 Å². The van der Waals surface area contributed by atoms with E-state index in [0.29, 0.717) is 12.1 Å². The number of likely N-dealkylation sites (tertiary alicyclic amines) is 1. The highest BCUT2D eigenvalue weighted by Crippen LogP contribution is 2.35. The molecule has 3 atom stereocenters. The van der Waals surface area contributed by atoms with Gasteiger partial charge in [0.2, 0.25) is 0 Å². The van der Waals surface area contributed by atoms with Crippen LogP contribution in [0.2, 0.25) is 0 Å². The molecule has 0 aromatic heterocycles. The lowest BCUT2D eigenvalue weighted by Gasteiger charge is -2.36. The first kappa shape index (κ1) is 14.3. The molecule has 1 fully saturated rings. The summed E-state index contributed by atoms with van der Waals surface area (Å²) in [6.45, 7) is 8.59. The molecule has 0 saturated carbocycles. The Bertz CT molecular complexity index is 415. The Kier molecular flexibility index (Phi) is 4.78. The number of rotatable bonds is 5. The summed E-state index contributed by atoms with van der Waals surface area (Å²) >= 11 is 0. The average molecular weight is 259 g/mol. The van der Waals surface area contributed by atoms with Gasteiger partial charge in [0.1, 0.15) is 0 Å². The van der Waals surface area contributed by atoms with E-state index < -0.39 is 0 Å². The molecule has 2 rings (SSSR count). The summed E-state index contributed by atoms with van der Waals surface area (Å²) in [6.07, 6.45) is 3.45. The fraction of sp³-hybridized carbons (Fsp3) is 0.529. The second-order valence-electron chi connectivity index (χ2n) is 5.80. The lowest BCUT2D eigenvalue weighted by molar-refractivity contribution is 0.0828. The van der Waals surface area contributed by atoms with Crippen LogP contribution in [0.4, 0.5) is 0 Å². The van der Waals surface area contributed by atoms with E-state index in [-0.39, 0.29) is 12.6 Å². The molecular formula is C17H25NO. The average Bonchev–Trinajstić information content (AvgIpc) is 2.73. The van der Waals surface area contributed by atoms with Crippen molar-refractivity contribution in [2.24, 2.45) is 0 Å². The summed E-state index contributed by atoms with van der Waals surface area (Å²) in [6, 6.07) is 11.5. The van der Waals surface area contributed by atoms with Crippen LogP contribution in [0, 0.1) is 0 Å². The molecule has 104 valence electrons. The second kappa shape index (κ2) is 6.36. The van der Waals surface area contributed by atoms with E-state index >= 15 is 0 Å². The highest BCUT2D eigenvalue weighted by Gasteiger charge is 2.35. The second-order valence-corrected chi connectivity index (χ2v) is 5.80. The van der Waals surface area contributed by atoms with Crippen molar-refractivity contribution in [1.29, 1.82) is 0 Å². The first-order valence-corrected chi connectivity index (χ1v) is 7.21. The predicted molar refractivity (Wildman–Crippen MR) is 80.0 cm³/mol. The first-order valence-electron chi connectivity index (χ1n) is 7.21. The lowest BCUT2D eigenvalue weighted by Crippen LogP contribution is -2.39. The van der Waals surface area contributed by atoms with E-state index in [2.05, 4.69) is 37.5 Å². The molecule has 1 aliphatic rings. The van der Waals surface area contributed by atoms with Crippen molar-refractivity contribution in [3.63, 3.8) is 0 Å². The van der Waals surface area contributed by atoms with Crippen molar-refractivity contribution < 1.29 is 5.11 Å². The molecule has 0 unspecified atom stereocenters. The summed E-state index contributed by atoms with van der Waals surface area (Å²) in [5.41, 5.74) is 2.44. The summed E-state index contributed by atoms with van der Waals surface area (Å²) in [5, 5.41) is 9.85. The Balaban J connectivity index is 2.22. The largest absolute Gasteiger partial charge is 0.394 e. The van der Waals surface area contributed by atoms with Gasteiger partial charge in [0, 0.05) is 12.1 Å². The SMILES string of the molecule is C=C(C)C[C@@H]1CC[C@@H](C)N1[C@H](CO)c1ccccc1. The number of nitrogens with zero attached hydrogens (tertiary/aromatic N) is 1. The summed E-state index contributed by atoms with van der Waals surface area (Å²) in [4.78, 5) is 2.49. The number of benzene rings is 1. The molecule has 2 nitrogen and oxygen atoms in total. The number of hydrogen-bond donors (Lipinski definition) is 1. The van der Waals surface area contributed by atoms with Crippen LogP contribution in [0.25, 0.3) is 0 Å². The zero-order valence-electron chi connectivity index (χ0n) is 12.0. The maximum atomic E-state index is 9.85. The zero-order chi connectivity index (χ0) is 13.8. The highest BCUT2D eigenvalue weighted by molar-refractivity contribution is 5.20. The minimum atomic E-state index is 0.114. The van der Waals surface area contributed by atoms with Crippen LogP contribution in [0.3, 0.4) is 0 Å². The van der Waals surface area contributed by atoms with Gasteiger partial charge in [0.25, 0.3) is 0 Å². The monoisotopic (exact) mass is 259 g/mol. The summed E-state index contributed by atoms with van der Waals surface area (Å²) < 4.78 is 0. The van der Waals surface area contributed by atoms with Gasteiger partial charge in [-0.2, -0.15) is 0 Å². The van der Waals surface area contributed by atoms with Crippen molar-refractivity contribution >= 4 is 0 Å². The molecular weight excluding hydrogens is 234 g/mol. The van der Waals surface area contributed by atoms with Crippen molar-refractivity contribution in [2.75, 3.05) is 6.61 Å². The quantitative estimate of drug-likeness (QED) is 0.818. The van der Waals surface area contributed by atoms with Crippen LogP contribution in [-0.4, -0.2) is 28.7 Å². The molecule has 0 bridgehead atoms. The normalized spacial score (nSPS) is 25.4.